The van der Waals surface area contributed by atoms with E-state index in [-0.39, 0.29) is 10.7 Å². The Morgan fingerprint density at radius 3 is 2.60 bits per heavy atom. The molecule has 15 heavy (non-hydrogen) atoms. The number of rotatable bonds is 2. The van der Waals surface area contributed by atoms with Gasteiger partial charge in [-0.2, -0.15) is 8.78 Å². The summed E-state index contributed by atoms with van der Waals surface area (Å²) < 4.78 is 30.2. The summed E-state index contributed by atoms with van der Waals surface area (Å²) in [6.45, 7) is 0.673. The molecule has 0 aliphatic rings. The van der Waals surface area contributed by atoms with Crippen LogP contribution in [0.2, 0.25) is 5.15 Å². The smallest absolute Gasteiger partial charge is 0.338 e. The predicted molar refractivity (Wildman–Crippen MR) is 50.2 cm³/mol. The molecule has 3 nitrogen and oxygen atoms in total. The highest BCUT2D eigenvalue weighted by Gasteiger charge is 2.28. The molecule has 0 aliphatic carbocycles. The van der Waals surface area contributed by atoms with Crippen LogP contribution in [0.3, 0.4) is 0 Å². The van der Waals surface area contributed by atoms with Crippen LogP contribution < -0.4 is 0 Å². The molecule has 0 saturated heterocycles. The minimum atomic E-state index is -3.15. The van der Waals surface area contributed by atoms with E-state index >= 15 is 0 Å². The van der Waals surface area contributed by atoms with E-state index in [1.165, 1.54) is 6.07 Å². The average Bonchev–Trinajstić information content (AvgIpc) is 2.14. The van der Waals surface area contributed by atoms with E-state index in [2.05, 4.69) is 9.72 Å². The summed E-state index contributed by atoms with van der Waals surface area (Å²) in [6, 6.07) is 2.13. The fourth-order valence-corrected chi connectivity index (χ4v) is 1.17. The molecule has 6 heteroatoms. The number of alkyl halides is 2. The maximum Gasteiger partial charge on any atom is 0.338 e. The van der Waals surface area contributed by atoms with Crippen LogP contribution in [0.1, 0.15) is 23.0 Å². The number of carbonyl (C=O) groups excluding carboxylic acids is 1. The fraction of sp³-hybridized carbons (Fsp3) is 0.333. The number of ether oxygens (including phenoxy) is 1. The van der Waals surface area contributed by atoms with Crippen molar-refractivity contribution in [3.8, 4) is 0 Å². The molecule has 0 fully saturated rings. The highest BCUT2D eigenvalue weighted by Crippen LogP contribution is 2.27. The lowest BCUT2D eigenvalue weighted by atomic mass is 10.2. The monoisotopic (exact) mass is 235 g/mol. The minimum Gasteiger partial charge on any atom is -0.465 e. The molecule has 0 N–H and O–H groups in total. The van der Waals surface area contributed by atoms with Crippen molar-refractivity contribution >= 4 is 17.6 Å². The second kappa shape index (κ2) is 4.10. The predicted octanol–water partition coefficient (Wildman–Crippen LogP) is 2.63. The molecule has 0 amide bonds. The molecule has 0 spiro atoms. The van der Waals surface area contributed by atoms with E-state index in [0.717, 1.165) is 13.2 Å². The number of nitrogens with zero attached hydrogens (tertiary/aromatic N) is 1. The maximum atomic E-state index is 12.9. The number of aromatic nitrogens is 1. The van der Waals surface area contributed by atoms with Crippen molar-refractivity contribution in [2.75, 3.05) is 7.11 Å². The van der Waals surface area contributed by atoms with Gasteiger partial charge in [0.25, 0.3) is 5.92 Å². The van der Waals surface area contributed by atoms with Gasteiger partial charge in [-0.1, -0.05) is 11.6 Å². The maximum absolute atomic E-state index is 12.9. The van der Waals surface area contributed by atoms with Crippen LogP contribution >= 0.6 is 11.6 Å². The molecule has 1 heterocycles. The number of halogens is 3. The molecular weight excluding hydrogens is 228 g/mol. The Kier molecular flexibility index (Phi) is 3.24. The van der Waals surface area contributed by atoms with Crippen LogP contribution in [0.25, 0.3) is 0 Å². The van der Waals surface area contributed by atoms with Crippen LogP contribution in [-0.4, -0.2) is 18.1 Å². The summed E-state index contributed by atoms with van der Waals surface area (Å²) in [5.74, 6) is -3.88. The van der Waals surface area contributed by atoms with Gasteiger partial charge in [-0.3, -0.25) is 0 Å². The third kappa shape index (κ3) is 2.86. The van der Waals surface area contributed by atoms with Crippen molar-refractivity contribution in [1.29, 1.82) is 0 Å². The third-order valence-corrected chi connectivity index (χ3v) is 1.86. The van der Waals surface area contributed by atoms with Crippen molar-refractivity contribution in [3.05, 3.63) is 28.5 Å². The molecule has 1 rings (SSSR count). The first-order valence-electron chi connectivity index (χ1n) is 3.99. The van der Waals surface area contributed by atoms with Gasteiger partial charge < -0.3 is 4.74 Å². The Balaban J connectivity index is 3.23. The van der Waals surface area contributed by atoms with E-state index in [4.69, 9.17) is 11.6 Å². The Labute approximate surface area is 90.0 Å². The first kappa shape index (κ1) is 11.8. The standard InChI is InChI=1S/C9H8ClF2NO2/c1-9(11,12)6-3-5(8(14)15-2)4-7(10)13-6/h3-4H,1-2H3. The van der Waals surface area contributed by atoms with E-state index in [9.17, 15) is 13.6 Å². The molecule has 0 saturated carbocycles. The zero-order valence-corrected chi connectivity index (χ0v) is 8.81. The molecule has 0 aromatic carbocycles. The van der Waals surface area contributed by atoms with E-state index < -0.39 is 17.6 Å². The second-order valence-electron chi connectivity index (χ2n) is 2.94. The summed E-state index contributed by atoms with van der Waals surface area (Å²) in [4.78, 5) is 14.5. The Hall–Kier alpha value is -1.23. The number of esters is 1. The summed E-state index contributed by atoms with van der Waals surface area (Å²) in [6.07, 6.45) is 0. The minimum absolute atomic E-state index is 0.0472. The number of hydrogen-bond donors (Lipinski definition) is 0. The molecule has 0 unspecified atom stereocenters. The zero-order chi connectivity index (χ0) is 11.6. The van der Waals surface area contributed by atoms with Crippen LogP contribution in [-0.2, 0) is 10.7 Å². The normalized spacial score (nSPS) is 11.3. The van der Waals surface area contributed by atoms with Gasteiger partial charge in [0.05, 0.1) is 12.7 Å². The topological polar surface area (TPSA) is 39.2 Å². The van der Waals surface area contributed by atoms with E-state index in [0.29, 0.717) is 6.92 Å². The van der Waals surface area contributed by atoms with E-state index in [1.54, 1.807) is 0 Å². The van der Waals surface area contributed by atoms with Gasteiger partial charge >= 0.3 is 5.97 Å². The Morgan fingerprint density at radius 2 is 2.13 bits per heavy atom. The van der Waals surface area contributed by atoms with Crippen LogP contribution in [0.4, 0.5) is 8.78 Å². The summed E-state index contributed by atoms with van der Waals surface area (Å²) in [5.41, 5.74) is -0.607. The molecule has 1 aromatic heterocycles. The van der Waals surface area contributed by atoms with Crippen LogP contribution in [0, 0.1) is 0 Å². The molecule has 0 atom stereocenters. The Morgan fingerprint density at radius 1 is 1.53 bits per heavy atom. The lowest BCUT2D eigenvalue weighted by Gasteiger charge is -2.10. The highest BCUT2D eigenvalue weighted by molar-refractivity contribution is 6.29. The molecule has 0 aliphatic heterocycles. The molecule has 1 aromatic rings. The summed E-state index contributed by atoms with van der Waals surface area (Å²) in [7, 11) is 1.15. The quantitative estimate of drug-likeness (QED) is 0.584. The summed E-state index contributed by atoms with van der Waals surface area (Å²) >= 11 is 5.50. The lowest BCUT2D eigenvalue weighted by Crippen LogP contribution is -2.12. The number of pyridine rings is 1. The van der Waals surface area contributed by atoms with Gasteiger partial charge in [0.2, 0.25) is 0 Å². The summed E-state index contributed by atoms with van der Waals surface area (Å²) in [5, 5.41) is -0.172. The first-order valence-corrected chi connectivity index (χ1v) is 4.36. The molecule has 0 radical (unpaired) electrons. The largest absolute Gasteiger partial charge is 0.465 e. The highest BCUT2D eigenvalue weighted by atomic mass is 35.5. The second-order valence-corrected chi connectivity index (χ2v) is 3.33. The van der Waals surface area contributed by atoms with E-state index in [1.807, 2.05) is 0 Å². The van der Waals surface area contributed by atoms with Crippen LogP contribution in [0.5, 0.6) is 0 Å². The van der Waals surface area contributed by atoms with Gasteiger partial charge in [0, 0.05) is 6.92 Å². The van der Waals surface area contributed by atoms with Crippen molar-refractivity contribution < 1.29 is 18.3 Å². The van der Waals surface area contributed by atoms with Crippen LogP contribution in [0.15, 0.2) is 12.1 Å². The van der Waals surface area contributed by atoms with Gasteiger partial charge in [-0.15, -0.1) is 0 Å². The third-order valence-electron chi connectivity index (χ3n) is 1.66. The SMILES string of the molecule is COC(=O)c1cc(Cl)nc(C(C)(F)F)c1. The first-order chi connectivity index (χ1) is 6.84. The molecule has 82 valence electrons. The van der Waals surface area contributed by atoms with Crippen molar-refractivity contribution in [3.63, 3.8) is 0 Å². The lowest BCUT2D eigenvalue weighted by molar-refractivity contribution is 0.0127. The Bertz CT molecular complexity index is 390. The van der Waals surface area contributed by atoms with Gasteiger partial charge in [-0.05, 0) is 12.1 Å². The van der Waals surface area contributed by atoms with Crippen molar-refractivity contribution in [2.24, 2.45) is 0 Å². The number of methoxy groups -OCH3 is 1. The zero-order valence-electron chi connectivity index (χ0n) is 8.05. The fourth-order valence-electron chi connectivity index (χ4n) is 0.957. The molecule has 0 bridgehead atoms. The van der Waals surface area contributed by atoms with Gasteiger partial charge in [-0.25, -0.2) is 9.78 Å². The number of hydrogen-bond acceptors (Lipinski definition) is 3. The molecular formula is C9H8ClF2NO2. The van der Waals surface area contributed by atoms with Crippen molar-refractivity contribution in [1.82, 2.24) is 4.98 Å². The van der Waals surface area contributed by atoms with Crippen molar-refractivity contribution in [2.45, 2.75) is 12.8 Å². The van der Waals surface area contributed by atoms with Gasteiger partial charge in [0.15, 0.2) is 0 Å². The van der Waals surface area contributed by atoms with Gasteiger partial charge in [0.1, 0.15) is 10.8 Å². The average molecular weight is 236 g/mol. The number of carbonyl (C=O) groups is 1.